The Morgan fingerprint density at radius 1 is 0.947 bits per heavy atom. The number of esters is 2. The molecule has 8 atom stereocenters. The van der Waals surface area contributed by atoms with Crippen LogP contribution in [0.2, 0.25) is 0 Å². The van der Waals surface area contributed by atoms with E-state index in [0.29, 0.717) is 29.1 Å². The normalized spacial score (nSPS) is 37.9. The summed E-state index contributed by atoms with van der Waals surface area (Å²) in [4.78, 5) is 23.4. The van der Waals surface area contributed by atoms with Gasteiger partial charge in [-0.05, 0) is 104 Å². The molecule has 0 aromatic carbocycles. The molecule has 4 aliphatic carbocycles. The number of halogens is 2. The predicted molar refractivity (Wildman–Crippen MR) is 137 cm³/mol. The molecule has 0 aromatic heterocycles. The van der Waals surface area contributed by atoms with Crippen LogP contribution in [-0.2, 0) is 29.2 Å². The highest BCUT2D eigenvalue weighted by molar-refractivity contribution is 7.87. The minimum atomic E-state index is -5.93. The molecule has 218 valence electrons. The molecule has 0 aliphatic heterocycles. The van der Waals surface area contributed by atoms with E-state index in [-0.39, 0.29) is 6.42 Å². The van der Waals surface area contributed by atoms with Gasteiger partial charge in [0.15, 0.2) is 0 Å². The van der Waals surface area contributed by atoms with Gasteiger partial charge in [0.1, 0.15) is 13.2 Å². The van der Waals surface area contributed by atoms with E-state index in [0.717, 1.165) is 23.7 Å². The minimum absolute atomic E-state index is 0.180. The van der Waals surface area contributed by atoms with Crippen LogP contribution in [-0.4, -0.2) is 43.4 Å². The number of ether oxygens (including phenoxy) is 2. The smallest absolute Gasteiger partial charge is 0.462 e. The van der Waals surface area contributed by atoms with Crippen LogP contribution >= 0.6 is 0 Å². The van der Waals surface area contributed by atoms with Gasteiger partial charge in [-0.15, -0.1) is 0 Å². The van der Waals surface area contributed by atoms with E-state index in [1.165, 1.54) is 64.2 Å². The van der Waals surface area contributed by atoms with Crippen molar-refractivity contribution in [1.29, 1.82) is 0 Å². The van der Waals surface area contributed by atoms with E-state index in [2.05, 4.69) is 25.5 Å². The number of rotatable bonds is 9. The van der Waals surface area contributed by atoms with Crippen molar-refractivity contribution >= 4 is 22.1 Å². The SMILES string of the molecule is C[C@H](CCC(=O)OCCOC(=O)C(F)(F)S(=O)(=O)O)[C@H]1CC[C@H]2[C@@H]3CC[C@@H]4CCCC[C@]4(C)[C@H]3CC[C@]12C. The van der Waals surface area contributed by atoms with E-state index >= 15 is 0 Å². The summed E-state index contributed by atoms with van der Waals surface area (Å²) < 4.78 is 65.0. The molecule has 4 fully saturated rings. The average Bonchev–Trinajstić information content (AvgIpc) is 3.21. The Hall–Kier alpha value is -1.29. The fourth-order valence-corrected chi connectivity index (χ4v) is 9.64. The molecule has 0 heterocycles. The van der Waals surface area contributed by atoms with E-state index in [4.69, 9.17) is 9.29 Å². The van der Waals surface area contributed by atoms with Crippen molar-refractivity contribution < 1.29 is 40.8 Å². The molecule has 0 bridgehead atoms. The third-order valence-electron chi connectivity index (χ3n) is 11.3. The standard InChI is InChI=1S/C28H44F2O7S/c1-18(7-12-24(31)36-16-17-37-25(32)28(29,30)38(33,34)35)21-10-11-22-20-9-8-19-6-4-5-14-26(19,2)23(20)13-15-27(21,22)3/h18-23H,4-17H2,1-3H3,(H,33,34,35)/t18-,19+,20+,21-,22+,23+,26+,27-/m1/s1. The van der Waals surface area contributed by atoms with Gasteiger partial charge in [-0.3, -0.25) is 9.35 Å². The first kappa shape index (κ1) is 29.7. The maximum Gasteiger partial charge on any atom is 0.465 e. The van der Waals surface area contributed by atoms with Gasteiger partial charge in [-0.2, -0.15) is 17.2 Å². The zero-order valence-corrected chi connectivity index (χ0v) is 23.7. The molecular weight excluding hydrogens is 518 g/mol. The average molecular weight is 563 g/mol. The van der Waals surface area contributed by atoms with Crippen LogP contribution in [0, 0.1) is 46.3 Å². The zero-order valence-electron chi connectivity index (χ0n) is 22.9. The van der Waals surface area contributed by atoms with Crippen LogP contribution in [0.3, 0.4) is 0 Å². The van der Waals surface area contributed by atoms with Crippen molar-refractivity contribution in [1.82, 2.24) is 0 Å². The van der Waals surface area contributed by atoms with E-state index in [9.17, 15) is 26.8 Å². The topological polar surface area (TPSA) is 107 Å². The summed E-state index contributed by atoms with van der Waals surface area (Å²) in [7, 11) is -5.93. The molecule has 0 spiro atoms. The lowest BCUT2D eigenvalue weighted by molar-refractivity contribution is -0.165. The third kappa shape index (κ3) is 5.37. The van der Waals surface area contributed by atoms with Crippen LogP contribution in [0.1, 0.15) is 97.8 Å². The summed E-state index contributed by atoms with van der Waals surface area (Å²) in [6, 6.07) is 0. The zero-order chi connectivity index (χ0) is 27.9. The molecule has 0 unspecified atom stereocenters. The lowest BCUT2D eigenvalue weighted by Gasteiger charge is -2.61. The Morgan fingerprint density at radius 2 is 1.63 bits per heavy atom. The van der Waals surface area contributed by atoms with Crippen LogP contribution in [0.25, 0.3) is 0 Å². The van der Waals surface area contributed by atoms with Gasteiger partial charge in [0, 0.05) is 6.42 Å². The van der Waals surface area contributed by atoms with Crippen molar-refractivity contribution in [2.24, 2.45) is 46.3 Å². The molecule has 4 rings (SSSR count). The quantitative estimate of drug-likeness (QED) is 0.208. The summed E-state index contributed by atoms with van der Waals surface area (Å²) in [5.74, 6) is 1.34. The predicted octanol–water partition coefficient (Wildman–Crippen LogP) is 6.02. The van der Waals surface area contributed by atoms with Gasteiger partial charge in [0.2, 0.25) is 0 Å². The maximum absolute atomic E-state index is 13.2. The van der Waals surface area contributed by atoms with Gasteiger partial charge in [0.05, 0.1) is 0 Å². The Labute approximate surface area is 225 Å². The van der Waals surface area contributed by atoms with E-state index < -0.39 is 40.5 Å². The summed E-state index contributed by atoms with van der Waals surface area (Å²) in [5, 5.41) is -5.06. The summed E-state index contributed by atoms with van der Waals surface area (Å²) in [6.07, 6.45) is 14.3. The van der Waals surface area contributed by atoms with Crippen molar-refractivity contribution in [2.75, 3.05) is 13.2 Å². The molecule has 38 heavy (non-hydrogen) atoms. The Kier molecular flexibility index (Phi) is 8.55. The number of carbonyl (C=O) groups is 2. The number of fused-ring (bicyclic) bond motifs is 5. The van der Waals surface area contributed by atoms with Crippen molar-refractivity contribution in [2.45, 2.75) is 103 Å². The van der Waals surface area contributed by atoms with E-state index in [1.807, 2.05) is 0 Å². The second-order valence-electron chi connectivity index (χ2n) is 13.0. The number of alkyl halides is 2. The van der Waals surface area contributed by atoms with Crippen molar-refractivity contribution in [3.05, 3.63) is 0 Å². The molecule has 7 nitrogen and oxygen atoms in total. The highest BCUT2D eigenvalue weighted by Crippen LogP contribution is 2.68. The fraction of sp³-hybridized carbons (Fsp3) is 0.929. The van der Waals surface area contributed by atoms with Gasteiger partial charge >= 0.3 is 27.3 Å². The van der Waals surface area contributed by atoms with Crippen LogP contribution < -0.4 is 0 Å². The summed E-state index contributed by atoms with van der Waals surface area (Å²) in [5.41, 5.74) is 0.821. The second kappa shape index (κ2) is 10.9. The van der Waals surface area contributed by atoms with Crippen molar-refractivity contribution in [3.63, 3.8) is 0 Å². The van der Waals surface area contributed by atoms with Gasteiger partial charge in [-0.25, -0.2) is 4.79 Å². The molecule has 4 aliphatic rings. The molecule has 0 saturated heterocycles. The first-order chi connectivity index (χ1) is 17.7. The molecular formula is C28H44F2O7S. The number of hydrogen-bond acceptors (Lipinski definition) is 6. The molecule has 10 heteroatoms. The summed E-state index contributed by atoms with van der Waals surface area (Å²) >= 11 is 0. The first-order valence-corrected chi connectivity index (χ1v) is 15.8. The second-order valence-corrected chi connectivity index (χ2v) is 14.5. The lowest BCUT2D eigenvalue weighted by Crippen LogP contribution is -2.53. The van der Waals surface area contributed by atoms with Crippen molar-refractivity contribution in [3.8, 4) is 0 Å². The first-order valence-electron chi connectivity index (χ1n) is 14.4. The Bertz CT molecular complexity index is 1000. The van der Waals surface area contributed by atoms with Crippen LogP contribution in [0.15, 0.2) is 0 Å². The Balaban J connectivity index is 1.24. The van der Waals surface area contributed by atoms with Crippen LogP contribution in [0.5, 0.6) is 0 Å². The fourth-order valence-electron chi connectivity index (χ4n) is 9.37. The molecule has 4 saturated carbocycles. The monoisotopic (exact) mass is 562 g/mol. The van der Waals surface area contributed by atoms with Gasteiger partial charge < -0.3 is 9.47 Å². The molecule has 0 radical (unpaired) electrons. The number of hydrogen-bond donors (Lipinski definition) is 1. The van der Waals surface area contributed by atoms with E-state index in [1.54, 1.807) is 0 Å². The Morgan fingerprint density at radius 3 is 2.34 bits per heavy atom. The van der Waals surface area contributed by atoms with Gasteiger partial charge in [0.25, 0.3) is 0 Å². The minimum Gasteiger partial charge on any atom is -0.462 e. The third-order valence-corrected chi connectivity index (χ3v) is 12.1. The molecule has 0 amide bonds. The highest BCUT2D eigenvalue weighted by Gasteiger charge is 2.60. The maximum atomic E-state index is 13.2. The summed E-state index contributed by atoms with van der Waals surface area (Å²) in [6.45, 7) is 6.11. The molecule has 1 N–H and O–H groups in total. The highest BCUT2D eigenvalue weighted by atomic mass is 32.2. The molecule has 0 aromatic rings. The van der Waals surface area contributed by atoms with Gasteiger partial charge in [-0.1, -0.05) is 33.6 Å². The lowest BCUT2D eigenvalue weighted by atomic mass is 9.44. The largest absolute Gasteiger partial charge is 0.465 e. The van der Waals surface area contributed by atoms with Crippen LogP contribution in [0.4, 0.5) is 8.78 Å². The number of carbonyl (C=O) groups excluding carboxylic acids is 2.